The van der Waals surface area contributed by atoms with Crippen molar-refractivity contribution in [2.24, 2.45) is 0 Å². The molecule has 0 spiro atoms. The van der Waals surface area contributed by atoms with Crippen molar-refractivity contribution in [1.82, 2.24) is 4.57 Å². The largest absolute Gasteiger partial charge is 0.462 e. The highest BCUT2D eigenvalue weighted by Crippen LogP contribution is 2.20. The number of ether oxygens (including phenoxy) is 1. The first kappa shape index (κ1) is 16.7. The van der Waals surface area contributed by atoms with Gasteiger partial charge >= 0.3 is 5.97 Å². The Morgan fingerprint density at radius 1 is 1.27 bits per heavy atom. The fourth-order valence-corrected chi connectivity index (χ4v) is 3.05. The van der Waals surface area contributed by atoms with Crippen LogP contribution in [-0.2, 0) is 24.1 Å². The molecule has 0 fully saturated rings. The number of rotatable bonds is 5. The van der Waals surface area contributed by atoms with Gasteiger partial charge in [-0.25, -0.2) is 4.79 Å². The van der Waals surface area contributed by atoms with E-state index >= 15 is 0 Å². The third-order valence-corrected chi connectivity index (χ3v) is 4.14. The van der Waals surface area contributed by atoms with E-state index in [1.54, 1.807) is 17.6 Å². The van der Waals surface area contributed by atoms with Gasteiger partial charge in [0.05, 0.1) is 6.61 Å². The number of fused-ring (bicyclic) bond motifs is 1. The van der Waals surface area contributed by atoms with Gasteiger partial charge in [-0.15, -0.1) is 0 Å². The van der Waals surface area contributed by atoms with Crippen molar-refractivity contribution in [1.29, 1.82) is 0 Å². The van der Waals surface area contributed by atoms with E-state index in [0.29, 0.717) is 13.0 Å². The molecule has 0 amide bonds. The van der Waals surface area contributed by atoms with E-state index in [1.165, 1.54) is 12.8 Å². The standard InChI is InChI=1S/C17H25NO4/c1-2-22-17(21)14-12-13-8-5-3-4-6-9-15(13)18(16(14)20)10-7-11-19/h12,19H,2-11H2,1H3. The first-order valence-corrected chi connectivity index (χ1v) is 8.22. The summed E-state index contributed by atoms with van der Waals surface area (Å²) in [4.78, 5) is 24.7. The monoisotopic (exact) mass is 307 g/mol. The molecule has 0 aromatic carbocycles. The van der Waals surface area contributed by atoms with Crippen molar-refractivity contribution in [3.8, 4) is 0 Å². The summed E-state index contributed by atoms with van der Waals surface area (Å²) < 4.78 is 6.70. The number of pyridine rings is 1. The molecule has 0 radical (unpaired) electrons. The highest BCUT2D eigenvalue weighted by atomic mass is 16.5. The molecule has 1 aliphatic carbocycles. The number of hydrogen-bond donors (Lipinski definition) is 1. The van der Waals surface area contributed by atoms with Crippen LogP contribution in [0, 0.1) is 0 Å². The van der Waals surface area contributed by atoms with Crippen molar-refractivity contribution in [2.75, 3.05) is 13.2 Å². The quantitative estimate of drug-likeness (QED) is 0.846. The molecular formula is C17H25NO4. The lowest BCUT2D eigenvalue weighted by molar-refractivity contribution is 0.0523. The number of carbonyl (C=O) groups is 1. The highest BCUT2D eigenvalue weighted by Gasteiger charge is 2.20. The molecule has 0 bridgehead atoms. The fraction of sp³-hybridized carbons (Fsp3) is 0.647. The predicted octanol–water partition coefficient (Wildman–Crippen LogP) is 2.07. The lowest BCUT2D eigenvalue weighted by atomic mass is 9.95. The van der Waals surface area contributed by atoms with Crippen molar-refractivity contribution in [3.63, 3.8) is 0 Å². The van der Waals surface area contributed by atoms with Crippen LogP contribution in [0.4, 0.5) is 0 Å². The van der Waals surface area contributed by atoms with Gasteiger partial charge in [0.1, 0.15) is 5.56 Å². The summed E-state index contributed by atoms with van der Waals surface area (Å²) in [5.74, 6) is -0.546. The number of hydrogen-bond acceptors (Lipinski definition) is 4. The molecule has 5 nitrogen and oxygen atoms in total. The first-order valence-electron chi connectivity index (χ1n) is 8.22. The third-order valence-electron chi connectivity index (χ3n) is 4.14. The number of aliphatic hydroxyl groups excluding tert-OH is 1. The van der Waals surface area contributed by atoms with Gasteiger partial charge in [0.25, 0.3) is 5.56 Å². The molecule has 1 aliphatic rings. The molecule has 122 valence electrons. The van der Waals surface area contributed by atoms with Gasteiger partial charge in [-0.3, -0.25) is 4.79 Å². The minimum atomic E-state index is -0.546. The molecule has 0 saturated carbocycles. The van der Waals surface area contributed by atoms with Crippen molar-refractivity contribution >= 4 is 5.97 Å². The maximum absolute atomic E-state index is 12.6. The van der Waals surface area contributed by atoms with Gasteiger partial charge in [0.2, 0.25) is 0 Å². The molecule has 0 aliphatic heterocycles. The van der Waals surface area contributed by atoms with Crippen LogP contribution in [0.5, 0.6) is 0 Å². The van der Waals surface area contributed by atoms with Crippen LogP contribution in [0.15, 0.2) is 10.9 Å². The highest BCUT2D eigenvalue weighted by molar-refractivity contribution is 5.89. The molecule has 0 saturated heterocycles. The summed E-state index contributed by atoms with van der Waals surface area (Å²) in [5.41, 5.74) is 1.96. The first-order chi connectivity index (χ1) is 10.7. The number of carbonyl (C=O) groups excluding carboxylic acids is 1. The lowest BCUT2D eigenvalue weighted by Crippen LogP contribution is -2.32. The summed E-state index contributed by atoms with van der Waals surface area (Å²) in [7, 11) is 0. The van der Waals surface area contributed by atoms with Crippen LogP contribution in [-0.4, -0.2) is 28.9 Å². The predicted molar refractivity (Wildman–Crippen MR) is 84.2 cm³/mol. The number of aliphatic hydroxyl groups is 1. The minimum absolute atomic E-state index is 0.0326. The lowest BCUT2D eigenvalue weighted by Gasteiger charge is -2.20. The van der Waals surface area contributed by atoms with E-state index in [9.17, 15) is 9.59 Å². The number of esters is 1. The van der Waals surface area contributed by atoms with E-state index in [4.69, 9.17) is 9.84 Å². The van der Waals surface area contributed by atoms with Crippen molar-refractivity contribution in [3.05, 3.63) is 33.2 Å². The van der Waals surface area contributed by atoms with E-state index in [0.717, 1.165) is 36.9 Å². The van der Waals surface area contributed by atoms with E-state index < -0.39 is 5.97 Å². The van der Waals surface area contributed by atoms with E-state index in [1.807, 2.05) is 0 Å². The summed E-state index contributed by atoms with van der Waals surface area (Å²) in [6.45, 7) is 2.47. The smallest absolute Gasteiger partial charge is 0.343 e. The van der Waals surface area contributed by atoms with E-state index in [-0.39, 0.29) is 24.3 Å². The molecule has 1 aromatic rings. The molecule has 22 heavy (non-hydrogen) atoms. The zero-order valence-corrected chi connectivity index (χ0v) is 13.3. The van der Waals surface area contributed by atoms with Crippen LogP contribution in [0.1, 0.15) is 60.6 Å². The Hall–Kier alpha value is -1.62. The van der Waals surface area contributed by atoms with Gasteiger partial charge in [-0.2, -0.15) is 0 Å². The fourth-order valence-electron chi connectivity index (χ4n) is 3.05. The topological polar surface area (TPSA) is 68.5 Å². The average molecular weight is 307 g/mol. The van der Waals surface area contributed by atoms with Crippen LogP contribution >= 0.6 is 0 Å². The summed E-state index contributed by atoms with van der Waals surface area (Å²) >= 11 is 0. The molecule has 1 aromatic heterocycles. The van der Waals surface area contributed by atoms with Crippen LogP contribution in [0.25, 0.3) is 0 Å². The molecule has 1 heterocycles. The Balaban J connectivity index is 2.50. The summed E-state index contributed by atoms with van der Waals surface area (Å²) in [6, 6.07) is 1.73. The summed E-state index contributed by atoms with van der Waals surface area (Å²) in [5, 5.41) is 9.08. The SMILES string of the molecule is CCOC(=O)c1cc2c(n(CCCO)c1=O)CCCCCC2. The molecule has 2 rings (SSSR count). The Kier molecular flexibility index (Phi) is 6.19. The van der Waals surface area contributed by atoms with Gasteiger partial charge < -0.3 is 14.4 Å². The average Bonchev–Trinajstić information content (AvgIpc) is 2.48. The maximum Gasteiger partial charge on any atom is 0.343 e. The zero-order valence-electron chi connectivity index (χ0n) is 13.3. The minimum Gasteiger partial charge on any atom is -0.462 e. The van der Waals surface area contributed by atoms with E-state index in [2.05, 4.69) is 0 Å². The normalized spacial score (nSPS) is 14.8. The molecule has 1 N–H and O–H groups in total. The Morgan fingerprint density at radius 3 is 2.68 bits per heavy atom. The molecule has 5 heteroatoms. The third kappa shape index (κ3) is 3.77. The van der Waals surface area contributed by atoms with Crippen LogP contribution < -0.4 is 5.56 Å². The van der Waals surface area contributed by atoms with Gasteiger partial charge in [0.15, 0.2) is 0 Å². The molecule has 0 unspecified atom stereocenters. The second-order valence-corrected chi connectivity index (χ2v) is 5.70. The second kappa shape index (κ2) is 8.13. The number of aryl methyl sites for hydroxylation is 1. The maximum atomic E-state index is 12.6. The second-order valence-electron chi connectivity index (χ2n) is 5.70. The van der Waals surface area contributed by atoms with Gasteiger partial charge in [0, 0.05) is 18.8 Å². The van der Waals surface area contributed by atoms with Gasteiger partial charge in [-0.05, 0) is 50.7 Å². The van der Waals surface area contributed by atoms with Crippen LogP contribution in [0.3, 0.4) is 0 Å². The Bertz CT molecular complexity index is 577. The zero-order chi connectivity index (χ0) is 15.9. The van der Waals surface area contributed by atoms with Crippen molar-refractivity contribution in [2.45, 2.75) is 58.4 Å². The van der Waals surface area contributed by atoms with Crippen molar-refractivity contribution < 1.29 is 14.6 Å². The number of aromatic nitrogens is 1. The van der Waals surface area contributed by atoms with Crippen LogP contribution in [0.2, 0.25) is 0 Å². The Labute approximate surface area is 130 Å². The summed E-state index contributed by atoms with van der Waals surface area (Å²) in [6.07, 6.45) is 6.76. The van der Waals surface area contributed by atoms with Gasteiger partial charge in [-0.1, -0.05) is 12.8 Å². The Morgan fingerprint density at radius 2 is 2.00 bits per heavy atom. The molecular weight excluding hydrogens is 282 g/mol. The molecule has 0 atom stereocenters. The number of nitrogens with zero attached hydrogens (tertiary/aromatic N) is 1.